The maximum atomic E-state index is 13.4. The van der Waals surface area contributed by atoms with E-state index in [-0.39, 0.29) is 16.9 Å². The van der Waals surface area contributed by atoms with Gasteiger partial charge in [0.15, 0.2) is 0 Å². The van der Waals surface area contributed by atoms with Crippen LogP contribution in [0.5, 0.6) is 0 Å². The third kappa shape index (κ3) is 4.15. The monoisotopic (exact) mass is 454 g/mol. The Balaban J connectivity index is 1.83. The summed E-state index contributed by atoms with van der Waals surface area (Å²) >= 11 is 0. The minimum atomic E-state index is -4.00. The van der Waals surface area contributed by atoms with Crippen LogP contribution in [0.4, 0.5) is 0 Å². The second kappa shape index (κ2) is 8.36. The third-order valence-electron chi connectivity index (χ3n) is 4.73. The predicted molar refractivity (Wildman–Crippen MR) is 111 cm³/mol. The summed E-state index contributed by atoms with van der Waals surface area (Å²) in [5.74, 6) is -1.56. The molecule has 3 aromatic heterocycles. The van der Waals surface area contributed by atoms with E-state index in [0.29, 0.717) is 22.0 Å². The van der Waals surface area contributed by atoms with Crippen molar-refractivity contribution in [3.05, 3.63) is 78.0 Å². The lowest BCUT2D eigenvalue weighted by Crippen LogP contribution is -2.23. The summed E-state index contributed by atoms with van der Waals surface area (Å²) in [5, 5.41) is 0.663. The van der Waals surface area contributed by atoms with Crippen LogP contribution in [0.2, 0.25) is 0 Å². The van der Waals surface area contributed by atoms with Crippen LogP contribution in [-0.2, 0) is 35.7 Å². The summed E-state index contributed by atoms with van der Waals surface area (Å²) < 4.78 is 27.9. The summed E-state index contributed by atoms with van der Waals surface area (Å²) in [7, 11) is -2.73. The van der Waals surface area contributed by atoms with E-state index in [1.807, 2.05) is 6.92 Å². The molecule has 0 amide bonds. The maximum Gasteiger partial charge on any atom is 0.357 e. The van der Waals surface area contributed by atoms with Crippen molar-refractivity contribution in [1.29, 1.82) is 0 Å². The second-order valence-corrected chi connectivity index (χ2v) is 8.80. The van der Waals surface area contributed by atoms with Crippen LogP contribution >= 0.6 is 0 Å². The molecule has 1 aliphatic rings. The Kier molecular flexibility index (Phi) is 5.59. The van der Waals surface area contributed by atoms with Crippen molar-refractivity contribution < 1.29 is 27.7 Å². The Morgan fingerprint density at radius 3 is 2.56 bits per heavy atom. The SMILES string of the molecule is Cc1ccncc1-c1cc(CC2=CC(=O)ON(C)OC2=O)cn1S(=O)(=O)c1cccnc1. The first-order valence-corrected chi connectivity index (χ1v) is 10.9. The fourth-order valence-electron chi connectivity index (χ4n) is 3.23. The van der Waals surface area contributed by atoms with Crippen LogP contribution in [0, 0.1) is 6.92 Å². The molecule has 0 spiro atoms. The van der Waals surface area contributed by atoms with Gasteiger partial charge in [-0.1, -0.05) is 0 Å². The van der Waals surface area contributed by atoms with Gasteiger partial charge in [-0.05, 0) is 42.3 Å². The highest BCUT2D eigenvalue weighted by molar-refractivity contribution is 7.90. The highest BCUT2D eigenvalue weighted by Crippen LogP contribution is 2.30. The minimum absolute atomic E-state index is 0.00300. The molecule has 10 nitrogen and oxygen atoms in total. The molecule has 32 heavy (non-hydrogen) atoms. The van der Waals surface area contributed by atoms with Gasteiger partial charge in [-0.25, -0.2) is 22.0 Å². The van der Waals surface area contributed by atoms with Crippen molar-refractivity contribution in [1.82, 2.24) is 19.2 Å². The fourth-order valence-corrected chi connectivity index (χ4v) is 4.58. The quantitative estimate of drug-likeness (QED) is 0.568. The first-order valence-electron chi connectivity index (χ1n) is 9.42. The average Bonchev–Trinajstić information content (AvgIpc) is 3.13. The molecule has 0 fully saturated rings. The first kappa shape index (κ1) is 21.4. The fraction of sp³-hybridized carbons (Fsp3) is 0.143. The molecule has 0 bridgehead atoms. The van der Waals surface area contributed by atoms with Crippen molar-refractivity contribution in [2.45, 2.75) is 18.2 Å². The average molecular weight is 454 g/mol. The molecular weight excluding hydrogens is 436 g/mol. The zero-order valence-electron chi connectivity index (χ0n) is 17.1. The van der Waals surface area contributed by atoms with Gasteiger partial charge in [0.25, 0.3) is 10.0 Å². The molecule has 0 atom stereocenters. The minimum Gasteiger partial charge on any atom is -0.329 e. The van der Waals surface area contributed by atoms with Gasteiger partial charge in [0.05, 0.1) is 18.3 Å². The van der Waals surface area contributed by atoms with Crippen molar-refractivity contribution >= 4 is 22.0 Å². The lowest BCUT2D eigenvalue weighted by atomic mass is 10.1. The summed E-state index contributed by atoms with van der Waals surface area (Å²) in [4.78, 5) is 41.8. The van der Waals surface area contributed by atoms with Gasteiger partial charge in [-0.3, -0.25) is 9.97 Å². The lowest BCUT2D eigenvalue weighted by molar-refractivity contribution is -0.304. The normalized spacial score (nSPS) is 15.0. The third-order valence-corrected chi connectivity index (χ3v) is 6.38. The maximum absolute atomic E-state index is 13.4. The zero-order chi connectivity index (χ0) is 22.9. The van der Waals surface area contributed by atoms with E-state index in [1.165, 1.54) is 37.8 Å². The standard InChI is InChI=1S/C21H18N4O6S/c1-14-5-7-23-12-18(14)19-9-15(8-16-10-20(26)30-24(2)31-21(16)27)13-25(19)32(28,29)17-4-3-6-22-11-17/h3-7,9-13H,8H2,1-2H3. The number of aryl methyl sites for hydroxylation is 1. The topological polar surface area (TPSA) is 121 Å². The molecule has 0 aliphatic carbocycles. The summed E-state index contributed by atoms with van der Waals surface area (Å²) in [5.41, 5.74) is 2.26. The Bertz CT molecular complexity index is 1330. The van der Waals surface area contributed by atoms with Crippen LogP contribution in [-0.4, -0.2) is 46.6 Å². The number of nitrogens with zero attached hydrogens (tertiary/aromatic N) is 4. The Morgan fingerprint density at radius 2 is 1.84 bits per heavy atom. The Hall–Kier alpha value is -3.83. The van der Waals surface area contributed by atoms with E-state index in [1.54, 1.807) is 24.5 Å². The van der Waals surface area contributed by atoms with E-state index < -0.39 is 22.0 Å². The molecule has 0 saturated carbocycles. The number of carbonyl (C=O) groups excluding carboxylic acids is 2. The van der Waals surface area contributed by atoms with Crippen LogP contribution < -0.4 is 0 Å². The molecule has 1 aliphatic heterocycles. The Labute approximate surface area is 183 Å². The highest BCUT2D eigenvalue weighted by atomic mass is 32.2. The molecular formula is C21H18N4O6S. The van der Waals surface area contributed by atoms with E-state index in [9.17, 15) is 18.0 Å². The van der Waals surface area contributed by atoms with Gasteiger partial charge in [-0.15, -0.1) is 0 Å². The molecule has 0 N–H and O–H groups in total. The molecule has 0 saturated heterocycles. The van der Waals surface area contributed by atoms with E-state index >= 15 is 0 Å². The molecule has 3 aromatic rings. The van der Waals surface area contributed by atoms with Gasteiger partial charge in [-0.2, -0.15) is 0 Å². The highest BCUT2D eigenvalue weighted by Gasteiger charge is 2.26. The zero-order valence-corrected chi connectivity index (χ0v) is 17.9. The van der Waals surface area contributed by atoms with Crippen LogP contribution in [0.3, 0.4) is 0 Å². The van der Waals surface area contributed by atoms with Gasteiger partial charge in [0.1, 0.15) is 4.90 Å². The van der Waals surface area contributed by atoms with Crippen LogP contribution in [0.25, 0.3) is 11.3 Å². The predicted octanol–water partition coefficient (Wildman–Crippen LogP) is 1.82. The van der Waals surface area contributed by atoms with Gasteiger partial charge < -0.3 is 9.68 Å². The first-order chi connectivity index (χ1) is 15.3. The number of rotatable bonds is 5. The summed E-state index contributed by atoms with van der Waals surface area (Å²) in [6.07, 6.45) is 8.28. The largest absolute Gasteiger partial charge is 0.357 e. The van der Waals surface area contributed by atoms with E-state index in [0.717, 1.165) is 15.6 Å². The molecule has 0 unspecified atom stereocenters. The summed E-state index contributed by atoms with van der Waals surface area (Å²) in [6, 6.07) is 6.37. The molecule has 0 aromatic carbocycles. The molecule has 0 radical (unpaired) electrons. The second-order valence-electron chi connectivity index (χ2n) is 6.99. The van der Waals surface area contributed by atoms with Crippen molar-refractivity contribution in [3.63, 3.8) is 0 Å². The number of hydrogen-bond acceptors (Lipinski definition) is 9. The number of hydroxylamine groups is 2. The van der Waals surface area contributed by atoms with Crippen LogP contribution in [0.15, 0.2) is 71.8 Å². The Morgan fingerprint density at radius 1 is 1.06 bits per heavy atom. The molecule has 164 valence electrons. The smallest absolute Gasteiger partial charge is 0.329 e. The van der Waals surface area contributed by atoms with Crippen molar-refractivity contribution in [2.75, 3.05) is 7.05 Å². The van der Waals surface area contributed by atoms with E-state index in [4.69, 9.17) is 9.68 Å². The van der Waals surface area contributed by atoms with Gasteiger partial charge >= 0.3 is 11.9 Å². The van der Waals surface area contributed by atoms with Crippen LogP contribution in [0.1, 0.15) is 11.1 Å². The lowest BCUT2D eigenvalue weighted by Gasteiger charge is -2.11. The molecule has 4 rings (SSSR count). The molecule has 4 heterocycles. The van der Waals surface area contributed by atoms with Gasteiger partial charge in [0.2, 0.25) is 0 Å². The number of hydrogen-bond donors (Lipinski definition) is 0. The summed E-state index contributed by atoms with van der Waals surface area (Å²) in [6.45, 7) is 1.84. The molecule has 11 heteroatoms. The van der Waals surface area contributed by atoms with Crippen molar-refractivity contribution in [3.8, 4) is 11.3 Å². The van der Waals surface area contributed by atoms with Gasteiger partial charge in [0, 0.05) is 54.3 Å². The number of carbonyl (C=O) groups is 2. The van der Waals surface area contributed by atoms with E-state index in [2.05, 4.69) is 9.97 Å². The number of aromatic nitrogens is 3. The number of pyridine rings is 2. The van der Waals surface area contributed by atoms with Crippen molar-refractivity contribution in [2.24, 2.45) is 0 Å².